The molecule has 0 spiro atoms. The van der Waals surface area contributed by atoms with Crippen molar-refractivity contribution < 1.29 is 4.74 Å². The first-order valence-corrected chi connectivity index (χ1v) is 6.44. The third-order valence-electron chi connectivity index (χ3n) is 3.12. The van der Waals surface area contributed by atoms with Gasteiger partial charge in [-0.2, -0.15) is 0 Å². The molecule has 0 aliphatic heterocycles. The molecular formula is C17H15NO. The first-order chi connectivity index (χ1) is 9.38. The monoisotopic (exact) mass is 249 g/mol. The molecule has 0 atom stereocenters. The fourth-order valence-electron chi connectivity index (χ4n) is 2.29. The highest BCUT2D eigenvalue weighted by Crippen LogP contribution is 2.29. The number of benzene rings is 2. The van der Waals surface area contributed by atoms with Gasteiger partial charge in [0.25, 0.3) is 0 Å². The van der Waals surface area contributed by atoms with Gasteiger partial charge in [0.1, 0.15) is 5.75 Å². The SMILES string of the molecule is CCOc1cncc(-c2cccc3ccccc23)c1. The summed E-state index contributed by atoms with van der Waals surface area (Å²) < 4.78 is 5.52. The van der Waals surface area contributed by atoms with Crippen LogP contribution in [0, 0.1) is 0 Å². The highest BCUT2D eigenvalue weighted by atomic mass is 16.5. The third-order valence-corrected chi connectivity index (χ3v) is 3.12. The third kappa shape index (κ3) is 2.29. The minimum absolute atomic E-state index is 0.653. The number of nitrogens with zero attached hydrogens (tertiary/aromatic N) is 1. The number of rotatable bonds is 3. The molecule has 0 amide bonds. The molecule has 2 heteroatoms. The number of aromatic nitrogens is 1. The van der Waals surface area contributed by atoms with Gasteiger partial charge in [-0.3, -0.25) is 4.98 Å². The Kier molecular flexibility index (Phi) is 3.15. The predicted octanol–water partition coefficient (Wildman–Crippen LogP) is 4.30. The van der Waals surface area contributed by atoms with Crippen molar-refractivity contribution in [1.29, 1.82) is 0 Å². The summed E-state index contributed by atoms with van der Waals surface area (Å²) in [5.41, 5.74) is 2.27. The van der Waals surface area contributed by atoms with Crippen LogP contribution in [-0.4, -0.2) is 11.6 Å². The topological polar surface area (TPSA) is 22.1 Å². The van der Waals surface area contributed by atoms with Gasteiger partial charge in [-0.25, -0.2) is 0 Å². The lowest BCUT2D eigenvalue weighted by Gasteiger charge is -2.08. The number of hydrogen-bond donors (Lipinski definition) is 0. The van der Waals surface area contributed by atoms with Crippen molar-refractivity contribution in [1.82, 2.24) is 4.98 Å². The lowest BCUT2D eigenvalue weighted by molar-refractivity contribution is 0.339. The van der Waals surface area contributed by atoms with Crippen molar-refractivity contribution in [2.24, 2.45) is 0 Å². The summed E-state index contributed by atoms with van der Waals surface area (Å²) in [5, 5.41) is 2.47. The van der Waals surface area contributed by atoms with Gasteiger partial charge >= 0.3 is 0 Å². The van der Waals surface area contributed by atoms with E-state index < -0.39 is 0 Å². The van der Waals surface area contributed by atoms with Crippen molar-refractivity contribution in [2.75, 3.05) is 6.61 Å². The van der Waals surface area contributed by atoms with Crippen LogP contribution in [0.3, 0.4) is 0 Å². The van der Waals surface area contributed by atoms with Crippen molar-refractivity contribution >= 4 is 10.8 Å². The van der Waals surface area contributed by atoms with Gasteiger partial charge < -0.3 is 4.74 Å². The van der Waals surface area contributed by atoms with Gasteiger partial charge in [-0.1, -0.05) is 42.5 Å². The summed E-state index contributed by atoms with van der Waals surface area (Å²) in [7, 11) is 0. The average Bonchev–Trinajstić information content (AvgIpc) is 2.47. The summed E-state index contributed by atoms with van der Waals surface area (Å²) in [6, 6.07) is 16.7. The van der Waals surface area contributed by atoms with Crippen LogP contribution in [0.2, 0.25) is 0 Å². The van der Waals surface area contributed by atoms with Gasteiger partial charge in [0.05, 0.1) is 12.8 Å². The average molecular weight is 249 g/mol. The summed E-state index contributed by atoms with van der Waals surface area (Å²) in [4.78, 5) is 4.26. The Morgan fingerprint density at radius 3 is 2.74 bits per heavy atom. The highest BCUT2D eigenvalue weighted by molar-refractivity contribution is 5.96. The van der Waals surface area contributed by atoms with E-state index in [-0.39, 0.29) is 0 Å². The molecule has 1 heterocycles. The number of hydrogen-bond acceptors (Lipinski definition) is 2. The van der Waals surface area contributed by atoms with Crippen LogP contribution >= 0.6 is 0 Å². The molecule has 0 unspecified atom stereocenters. The van der Waals surface area contributed by atoms with Gasteiger partial charge in [-0.15, -0.1) is 0 Å². The molecule has 0 saturated carbocycles. The van der Waals surface area contributed by atoms with E-state index in [1.165, 1.54) is 16.3 Å². The summed E-state index contributed by atoms with van der Waals surface area (Å²) in [5.74, 6) is 0.813. The minimum atomic E-state index is 0.653. The van der Waals surface area contributed by atoms with E-state index in [1.807, 2.05) is 19.2 Å². The molecule has 3 aromatic rings. The van der Waals surface area contributed by atoms with E-state index in [4.69, 9.17) is 4.74 Å². The minimum Gasteiger partial charge on any atom is -0.492 e. The Morgan fingerprint density at radius 2 is 1.84 bits per heavy atom. The Labute approximate surface area is 112 Å². The Hall–Kier alpha value is -2.35. The zero-order valence-corrected chi connectivity index (χ0v) is 10.8. The van der Waals surface area contributed by atoms with Crippen LogP contribution in [0.25, 0.3) is 21.9 Å². The first kappa shape index (κ1) is 11.7. The second-order valence-electron chi connectivity index (χ2n) is 4.37. The van der Waals surface area contributed by atoms with Crippen molar-refractivity contribution in [2.45, 2.75) is 6.92 Å². The standard InChI is InChI=1S/C17H15NO/c1-2-19-15-10-14(11-18-12-15)17-9-5-7-13-6-3-4-8-16(13)17/h3-12H,2H2,1H3. The molecule has 94 valence electrons. The zero-order valence-electron chi connectivity index (χ0n) is 10.8. The number of pyridine rings is 1. The quantitative estimate of drug-likeness (QED) is 0.690. The maximum absolute atomic E-state index is 5.52. The Bertz CT molecular complexity index is 701. The number of fused-ring (bicyclic) bond motifs is 1. The summed E-state index contributed by atoms with van der Waals surface area (Å²) in [6.45, 7) is 2.63. The molecule has 0 aliphatic rings. The smallest absolute Gasteiger partial charge is 0.138 e. The van der Waals surface area contributed by atoms with Crippen LogP contribution in [0.5, 0.6) is 5.75 Å². The maximum atomic E-state index is 5.52. The fraction of sp³-hybridized carbons (Fsp3) is 0.118. The second kappa shape index (κ2) is 5.11. The van der Waals surface area contributed by atoms with Gasteiger partial charge in [0.15, 0.2) is 0 Å². The molecule has 0 aliphatic carbocycles. The summed E-state index contributed by atoms with van der Waals surface area (Å²) >= 11 is 0. The Morgan fingerprint density at radius 1 is 1.00 bits per heavy atom. The number of ether oxygens (including phenoxy) is 1. The van der Waals surface area contributed by atoms with Gasteiger partial charge in [-0.05, 0) is 29.3 Å². The molecule has 0 N–H and O–H groups in total. The second-order valence-corrected chi connectivity index (χ2v) is 4.37. The molecule has 0 radical (unpaired) electrons. The van der Waals surface area contributed by atoms with E-state index in [0.29, 0.717) is 6.61 Å². The molecule has 2 aromatic carbocycles. The summed E-state index contributed by atoms with van der Waals surface area (Å²) in [6.07, 6.45) is 3.63. The van der Waals surface area contributed by atoms with Crippen molar-refractivity contribution in [3.05, 3.63) is 60.9 Å². The van der Waals surface area contributed by atoms with Crippen LogP contribution in [0.15, 0.2) is 60.9 Å². The zero-order chi connectivity index (χ0) is 13.1. The lowest BCUT2D eigenvalue weighted by atomic mass is 9.99. The van der Waals surface area contributed by atoms with Crippen LogP contribution in [0.1, 0.15) is 6.92 Å². The van der Waals surface area contributed by atoms with Crippen LogP contribution in [0.4, 0.5) is 0 Å². The van der Waals surface area contributed by atoms with E-state index in [2.05, 4.69) is 47.4 Å². The molecule has 19 heavy (non-hydrogen) atoms. The molecule has 3 rings (SSSR count). The van der Waals surface area contributed by atoms with Crippen LogP contribution in [-0.2, 0) is 0 Å². The van der Waals surface area contributed by atoms with Crippen LogP contribution < -0.4 is 4.74 Å². The highest BCUT2D eigenvalue weighted by Gasteiger charge is 2.04. The first-order valence-electron chi connectivity index (χ1n) is 6.44. The predicted molar refractivity (Wildman–Crippen MR) is 78.3 cm³/mol. The molecule has 0 fully saturated rings. The molecule has 2 nitrogen and oxygen atoms in total. The van der Waals surface area contributed by atoms with E-state index in [1.54, 1.807) is 6.20 Å². The van der Waals surface area contributed by atoms with E-state index in [9.17, 15) is 0 Å². The Balaban J connectivity index is 2.16. The normalized spacial score (nSPS) is 10.6. The van der Waals surface area contributed by atoms with Gasteiger partial charge in [0, 0.05) is 11.8 Å². The fourth-order valence-corrected chi connectivity index (χ4v) is 2.29. The molecule has 0 bridgehead atoms. The van der Waals surface area contributed by atoms with Gasteiger partial charge in [0.2, 0.25) is 0 Å². The molecule has 1 aromatic heterocycles. The van der Waals surface area contributed by atoms with Crippen molar-refractivity contribution in [3.63, 3.8) is 0 Å². The largest absolute Gasteiger partial charge is 0.492 e. The van der Waals surface area contributed by atoms with E-state index in [0.717, 1.165) is 11.3 Å². The van der Waals surface area contributed by atoms with Crippen molar-refractivity contribution in [3.8, 4) is 16.9 Å². The molecular weight excluding hydrogens is 234 g/mol. The molecule has 0 saturated heterocycles. The lowest BCUT2D eigenvalue weighted by Crippen LogP contribution is -1.92. The van der Waals surface area contributed by atoms with E-state index >= 15 is 0 Å². The maximum Gasteiger partial charge on any atom is 0.138 e.